The molecule has 2 N–H and O–H groups in total. The number of rotatable bonds is 7. The highest BCUT2D eigenvalue weighted by Gasteiger charge is 2.16. The van der Waals surface area contributed by atoms with Crippen LogP contribution in [0.1, 0.15) is 56.6 Å². The van der Waals surface area contributed by atoms with Gasteiger partial charge in [0, 0.05) is 12.6 Å². The van der Waals surface area contributed by atoms with E-state index in [9.17, 15) is 5.11 Å². The molecule has 4 heteroatoms. The number of aliphatic hydroxyl groups excluding tert-OH is 1. The van der Waals surface area contributed by atoms with E-state index in [1.807, 2.05) is 0 Å². The maximum Gasteiger partial charge on any atom is 0.123 e. The SMILES string of the molecule is Cc1ccc(C(C)C)c(OCC(O)CNC2CCCC2)c1.[Cl-]. The van der Waals surface area contributed by atoms with Gasteiger partial charge in [0.1, 0.15) is 18.5 Å². The average molecular weight is 327 g/mol. The maximum absolute atomic E-state index is 10.1. The van der Waals surface area contributed by atoms with Crippen LogP contribution in [0.15, 0.2) is 18.2 Å². The summed E-state index contributed by atoms with van der Waals surface area (Å²) in [4.78, 5) is 0. The molecule has 2 rings (SSSR count). The third-order valence-electron chi connectivity index (χ3n) is 4.22. The van der Waals surface area contributed by atoms with Gasteiger partial charge in [0.2, 0.25) is 0 Å². The van der Waals surface area contributed by atoms with Crippen molar-refractivity contribution in [1.29, 1.82) is 0 Å². The molecular weight excluding hydrogens is 298 g/mol. The van der Waals surface area contributed by atoms with E-state index in [0.717, 1.165) is 5.75 Å². The van der Waals surface area contributed by atoms with Crippen molar-refractivity contribution < 1.29 is 22.3 Å². The fourth-order valence-corrected chi connectivity index (χ4v) is 2.92. The van der Waals surface area contributed by atoms with Crippen LogP contribution in [0.5, 0.6) is 5.75 Å². The first-order valence-corrected chi connectivity index (χ1v) is 8.21. The second kappa shape index (κ2) is 9.39. The molecule has 126 valence electrons. The van der Waals surface area contributed by atoms with Crippen LogP contribution in [0.25, 0.3) is 0 Å². The van der Waals surface area contributed by atoms with Gasteiger partial charge in [-0.1, -0.05) is 38.8 Å². The first-order chi connectivity index (χ1) is 10.1. The highest BCUT2D eigenvalue weighted by molar-refractivity contribution is 5.39. The summed E-state index contributed by atoms with van der Waals surface area (Å²) in [5, 5.41) is 13.5. The highest BCUT2D eigenvalue weighted by Crippen LogP contribution is 2.27. The molecule has 1 atom stereocenters. The standard InChI is InChI=1S/C18H29NO2.ClH/c1-13(2)17-9-8-14(3)10-18(17)21-12-16(20)11-19-15-6-4-5-7-15;/h8-10,13,15-16,19-20H,4-7,11-12H2,1-3H3;1H/p-1. The molecule has 22 heavy (non-hydrogen) atoms. The van der Waals surface area contributed by atoms with E-state index < -0.39 is 6.10 Å². The Bertz CT molecular complexity index is 445. The molecule has 1 unspecified atom stereocenters. The van der Waals surface area contributed by atoms with Gasteiger partial charge in [-0.25, -0.2) is 0 Å². The predicted molar refractivity (Wildman–Crippen MR) is 87.0 cm³/mol. The molecule has 1 aliphatic carbocycles. The minimum Gasteiger partial charge on any atom is -1.00 e. The molecule has 0 spiro atoms. The lowest BCUT2D eigenvalue weighted by Crippen LogP contribution is -3.00. The Morgan fingerprint density at radius 3 is 2.59 bits per heavy atom. The minimum absolute atomic E-state index is 0. The summed E-state index contributed by atoms with van der Waals surface area (Å²) in [6.45, 7) is 7.36. The Morgan fingerprint density at radius 2 is 1.95 bits per heavy atom. The second-order valence-corrected chi connectivity index (χ2v) is 6.55. The summed E-state index contributed by atoms with van der Waals surface area (Å²) in [5.41, 5.74) is 2.39. The monoisotopic (exact) mass is 326 g/mol. The zero-order valence-electron chi connectivity index (χ0n) is 13.9. The van der Waals surface area contributed by atoms with Gasteiger partial charge in [-0.05, 0) is 42.9 Å². The van der Waals surface area contributed by atoms with Crippen molar-refractivity contribution in [2.45, 2.75) is 64.5 Å². The van der Waals surface area contributed by atoms with Crippen LogP contribution in [0.4, 0.5) is 0 Å². The number of aliphatic hydroxyl groups is 1. The molecule has 1 aliphatic rings. The van der Waals surface area contributed by atoms with Crippen LogP contribution >= 0.6 is 0 Å². The van der Waals surface area contributed by atoms with E-state index in [2.05, 4.69) is 44.3 Å². The zero-order chi connectivity index (χ0) is 15.2. The Hall–Kier alpha value is -0.770. The first kappa shape index (κ1) is 19.3. The van der Waals surface area contributed by atoms with Gasteiger partial charge in [0.25, 0.3) is 0 Å². The molecule has 0 amide bonds. The molecule has 1 saturated carbocycles. The van der Waals surface area contributed by atoms with Crippen molar-refractivity contribution in [2.75, 3.05) is 13.2 Å². The Labute approximate surface area is 140 Å². The number of aryl methyl sites for hydroxylation is 1. The molecule has 1 aromatic carbocycles. The van der Waals surface area contributed by atoms with Crippen molar-refractivity contribution in [3.63, 3.8) is 0 Å². The quantitative estimate of drug-likeness (QED) is 0.762. The minimum atomic E-state index is -0.453. The number of hydrogen-bond acceptors (Lipinski definition) is 3. The van der Waals surface area contributed by atoms with Crippen molar-refractivity contribution >= 4 is 0 Å². The van der Waals surface area contributed by atoms with E-state index in [0.29, 0.717) is 25.1 Å². The fraction of sp³-hybridized carbons (Fsp3) is 0.667. The van der Waals surface area contributed by atoms with Crippen LogP contribution in [-0.2, 0) is 0 Å². The maximum atomic E-state index is 10.1. The smallest absolute Gasteiger partial charge is 0.123 e. The summed E-state index contributed by atoms with van der Waals surface area (Å²) < 4.78 is 5.87. The molecular formula is C18H29ClNO2-. The average Bonchev–Trinajstić information content (AvgIpc) is 2.96. The fourth-order valence-electron chi connectivity index (χ4n) is 2.92. The summed E-state index contributed by atoms with van der Waals surface area (Å²) in [6.07, 6.45) is 4.65. The summed E-state index contributed by atoms with van der Waals surface area (Å²) in [5.74, 6) is 1.33. The molecule has 3 nitrogen and oxygen atoms in total. The largest absolute Gasteiger partial charge is 1.00 e. The lowest BCUT2D eigenvalue weighted by atomic mass is 10.0. The number of nitrogens with one attached hydrogen (secondary N) is 1. The molecule has 0 bridgehead atoms. The van der Waals surface area contributed by atoms with Gasteiger partial charge in [-0.2, -0.15) is 0 Å². The van der Waals surface area contributed by atoms with Crippen molar-refractivity contribution in [2.24, 2.45) is 0 Å². The van der Waals surface area contributed by atoms with Gasteiger partial charge in [-0.15, -0.1) is 0 Å². The topological polar surface area (TPSA) is 41.5 Å². The van der Waals surface area contributed by atoms with Crippen LogP contribution < -0.4 is 22.5 Å². The zero-order valence-corrected chi connectivity index (χ0v) is 14.7. The van der Waals surface area contributed by atoms with Crippen molar-refractivity contribution in [1.82, 2.24) is 5.32 Å². The third-order valence-corrected chi connectivity index (χ3v) is 4.22. The van der Waals surface area contributed by atoms with E-state index in [-0.39, 0.29) is 12.4 Å². The molecule has 1 fully saturated rings. The number of benzene rings is 1. The summed E-state index contributed by atoms with van der Waals surface area (Å²) in [7, 11) is 0. The van der Waals surface area contributed by atoms with E-state index in [1.165, 1.54) is 36.8 Å². The molecule has 0 aromatic heterocycles. The predicted octanol–water partition coefficient (Wildman–Crippen LogP) is 0.394. The Kier molecular flexibility index (Phi) is 8.23. The van der Waals surface area contributed by atoms with Gasteiger partial charge >= 0.3 is 0 Å². The molecule has 1 aromatic rings. The molecule has 0 saturated heterocycles. The molecule has 0 aliphatic heterocycles. The van der Waals surface area contributed by atoms with Crippen molar-refractivity contribution in [3.8, 4) is 5.75 Å². The van der Waals surface area contributed by atoms with Gasteiger partial charge in [0.15, 0.2) is 0 Å². The lowest BCUT2D eigenvalue weighted by molar-refractivity contribution is -0.00000641. The molecule has 0 radical (unpaired) electrons. The number of halogens is 1. The Morgan fingerprint density at radius 1 is 1.27 bits per heavy atom. The first-order valence-electron chi connectivity index (χ1n) is 8.21. The van der Waals surface area contributed by atoms with E-state index in [1.54, 1.807) is 0 Å². The third kappa shape index (κ3) is 5.79. The normalized spacial score (nSPS) is 16.6. The molecule has 0 heterocycles. The van der Waals surface area contributed by atoms with E-state index in [4.69, 9.17) is 4.74 Å². The summed E-state index contributed by atoms with van der Waals surface area (Å²) in [6, 6.07) is 6.88. The van der Waals surface area contributed by atoms with Gasteiger partial charge in [0.05, 0.1) is 0 Å². The Balaban J connectivity index is 0.00000242. The van der Waals surface area contributed by atoms with E-state index >= 15 is 0 Å². The van der Waals surface area contributed by atoms with Crippen molar-refractivity contribution in [3.05, 3.63) is 29.3 Å². The van der Waals surface area contributed by atoms with Gasteiger partial charge in [-0.3, -0.25) is 0 Å². The van der Waals surface area contributed by atoms with Gasteiger partial charge < -0.3 is 27.6 Å². The van der Waals surface area contributed by atoms with Crippen LogP contribution in [-0.4, -0.2) is 30.4 Å². The summed E-state index contributed by atoms with van der Waals surface area (Å²) >= 11 is 0. The van der Waals surface area contributed by atoms with Crippen LogP contribution in [0.2, 0.25) is 0 Å². The number of hydrogen-bond donors (Lipinski definition) is 2. The van der Waals surface area contributed by atoms with Crippen LogP contribution in [0, 0.1) is 6.92 Å². The lowest BCUT2D eigenvalue weighted by Gasteiger charge is -2.19. The van der Waals surface area contributed by atoms with Crippen LogP contribution in [0.3, 0.4) is 0 Å². The second-order valence-electron chi connectivity index (χ2n) is 6.55. The number of ether oxygens (including phenoxy) is 1. The highest BCUT2D eigenvalue weighted by atomic mass is 35.5.